The van der Waals surface area contributed by atoms with Crippen LogP contribution in [0.4, 0.5) is 5.69 Å². The number of aromatic carboxylic acids is 1. The van der Waals surface area contributed by atoms with Crippen LogP contribution >= 0.6 is 12.4 Å². The number of nitrogens with two attached hydrogens (primary N) is 1. The second-order valence-electron chi connectivity index (χ2n) is 2.36. The fourth-order valence-electron chi connectivity index (χ4n) is 0.954. The molecule has 0 radical (unpaired) electrons. The van der Waals surface area contributed by atoms with Crippen molar-refractivity contribution in [3.8, 4) is 5.75 Å². The van der Waals surface area contributed by atoms with Crippen LogP contribution in [0.5, 0.6) is 5.75 Å². The molecule has 6 heteroatoms. The number of nitrogen functional groups attached to an aromatic ring is 1. The molecule has 0 saturated carbocycles. The van der Waals surface area contributed by atoms with Crippen molar-refractivity contribution in [1.82, 2.24) is 0 Å². The summed E-state index contributed by atoms with van der Waals surface area (Å²) in [5, 5.41) is 8.66. The predicted octanol–water partition coefficient (Wildman–Crippen LogP) is 1.10. The van der Waals surface area contributed by atoms with Crippen molar-refractivity contribution in [2.75, 3.05) is 12.5 Å². The highest BCUT2D eigenvalue weighted by molar-refractivity contribution is 5.89. The standard InChI is InChI=1S/C8H10N2O3.ClH/c1-13-7-3-2-5(8(11)12)4-6(7)10-9;/h2-4,10H,9H2,1H3,(H,11,12);1H. The first kappa shape index (κ1) is 12.5. The SMILES string of the molecule is COc1ccc(C(=O)O)cc1NN.Cl. The van der Waals surface area contributed by atoms with Gasteiger partial charge in [0.2, 0.25) is 0 Å². The third-order valence-electron chi connectivity index (χ3n) is 1.60. The van der Waals surface area contributed by atoms with E-state index in [0.717, 1.165) is 0 Å². The highest BCUT2D eigenvalue weighted by Gasteiger charge is 2.07. The van der Waals surface area contributed by atoms with E-state index in [2.05, 4.69) is 5.43 Å². The van der Waals surface area contributed by atoms with Crippen molar-refractivity contribution in [2.24, 2.45) is 5.84 Å². The van der Waals surface area contributed by atoms with E-state index in [1.807, 2.05) is 0 Å². The minimum atomic E-state index is -1.00. The Morgan fingerprint density at radius 3 is 2.64 bits per heavy atom. The van der Waals surface area contributed by atoms with Crippen LogP contribution in [0.15, 0.2) is 18.2 Å². The number of carbonyl (C=O) groups is 1. The van der Waals surface area contributed by atoms with Gasteiger partial charge in [-0.1, -0.05) is 0 Å². The minimum Gasteiger partial charge on any atom is -0.495 e. The molecule has 0 atom stereocenters. The molecule has 0 aliphatic carbocycles. The molecule has 0 aliphatic heterocycles. The van der Waals surface area contributed by atoms with Gasteiger partial charge in [0.05, 0.1) is 18.4 Å². The molecule has 1 rings (SSSR count). The van der Waals surface area contributed by atoms with Crippen LogP contribution < -0.4 is 16.0 Å². The number of rotatable bonds is 3. The van der Waals surface area contributed by atoms with Crippen LogP contribution in [0.25, 0.3) is 0 Å². The molecule has 0 saturated heterocycles. The van der Waals surface area contributed by atoms with Gasteiger partial charge in [-0.15, -0.1) is 12.4 Å². The van der Waals surface area contributed by atoms with Crippen molar-refractivity contribution in [3.05, 3.63) is 23.8 Å². The third kappa shape index (κ3) is 2.51. The average Bonchev–Trinajstić information content (AvgIpc) is 2.16. The zero-order chi connectivity index (χ0) is 9.84. The summed E-state index contributed by atoms with van der Waals surface area (Å²) in [6, 6.07) is 4.39. The lowest BCUT2D eigenvalue weighted by Gasteiger charge is -2.07. The topological polar surface area (TPSA) is 84.6 Å². The molecule has 1 aromatic rings. The van der Waals surface area contributed by atoms with Crippen molar-refractivity contribution < 1.29 is 14.6 Å². The maximum atomic E-state index is 10.6. The van der Waals surface area contributed by atoms with E-state index in [4.69, 9.17) is 15.7 Å². The first-order valence-corrected chi connectivity index (χ1v) is 3.57. The van der Waals surface area contributed by atoms with Gasteiger partial charge in [-0.2, -0.15) is 0 Å². The molecule has 1 aromatic carbocycles. The van der Waals surface area contributed by atoms with Gasteiger partial charge in [0.1, 0.15) is 5.75 Å². The van der Waals surface area contributed by atoms with E-state index < -0.39 is 5.97 Å². The van der Waals surface area contributed by atoms with Crippen LogP contribution in [0.2, 0.25) is 0 Å². The van der Waals surface area contributed by atoms with E-state index in [1.54, 1.807) is 6.07 Å². The summed E-state index contributed by atoms with van der Waals surface area (Å²) in [6.45, 7) is 0. The average molecular weight is 219 g/mol. The zero-order valence-electron chi connectivity index (χ0n) is 7.48. The van der Waals surface area contributed by atoms with E-state index >= 15 is 0 Å². The number of hydrogen-bond acceptors (Lipinski definition) is 4. The number of anilines is 1. The Hall–Kier alpha value is -1.46. The highest BCUT2D eigenvalue weighted by atomic mass is 35.5. The van der Waals surface area contributed by atoms with Gasteiger partial charge < -0.3 is 15.3 Å². The van der Waals surface area contributed by atoms with Crippen molar-refractivity contribution >= 4 is 24.1 Å². The number of nitrogens with one attached hydrogen (secondary N) is 1. The van der Waals surface area contributed by atoms with Crippen molar-refractivity contribution in [1.29, 1.82) is 0 Å². The lowest BCUT2D eigenvalue weighted by molar-refractivity contribution is 0.0697. The van der Waals surface area contributed by atoms with E-state index in [1.165, 1.54) is 19.2 Å². The normalized spacial score (nSPS) is 8.71. The quantitative estimate of drug-likeness (QED) is 0.523. The van der Waals surface area contributed by atoms with Crippen molar-refractivity contribution in [3.63, 3.8) is 0 Å². The van der Waals surface area contributed by atoms with Crippen LogP contribution in [0.3, 0.4) is 0 Å². The van der Waals surface area contributed by atoms with Crippen LogP contribution in [-0.4, -0.2) is 18.2 Å². The highest BCUT2D eigenvalue weighted by Crippen LogP contribution is 2.24. The lowest BCUT2D eigenvalue weighted by Crippen LogP contribution is -2.09. The Morgan fingerprint density at radius 2 is 2.21 bits per heavy atom. The van der Waals surface area contributed by atoms with Crippen LogP contribution in [-0.2, 0) is 0 Å². The fourth-order valence-corrected chi connectivity index (χ4v) is 0.954. The predicted molar refractivity (Wildman–Crippen MR) is 55.0 cm³/mol. The number of hydrogen-bond donors (Lipinski definition) is 3. The summed E-state index contributed by atoms with van der Waals surface area (Å²) in [5.41, 5.74) is 2.96. The summed E-state index contributed by atoms with van der Waals surface area (Å²) in [7, 11) is 1.48. The van der Waals surface area contributed by atoms with E-state index in [0.29, 0.717) is 11.4 Å². The molecule has 4 N–H and O–H groups in total. The summed E-state index contributed by atoms with van der Waals surface area (Å²) < 4.78 is 4.94. The monoisotopic (exact) mass is 218 g/mol. The van der Waals surface area contributed by atoms with Gasteiger partial charge in [0, 0.05) is 0 Å². The molecule has 0 aliphatic rings. The Bertz CT molecular complexity index is 330. The Kier molecular flexibility index (Phi) is 4.76. The second kappa shape index (κ2) is 5.31. The van der Waals surface area contributed by atoms with Gasteiger partial charge >= 0.3 is 5.97 Å². The van der Waals surface area contributed by atoms with Gasteiger partial charge in [0.15, 0.2) is 0 Å². The molecular formula is C8H11ClN2O3. The molecule has 14 heavy (non-hydrogen) atoms. The molecule has 0 spiro atoms. The van der Waals surface area contributed by atoms with Gasteiger partial charge in [-0.25, -0.2) is 4.79 Å². The van der Waals surface area contributed by atoms with Crippen LogP contribution in [0, 0.1) is 0 Å². The van der Waals surface area contributed by atoms with Crippen molar-refractivity contribution in [2.45, 2.75) is 0 Å². The molecule has 0 fully saturated rings. The largest absolute Gasteiger partial charge is 0.495 e. The first-order chi connectivity index (χ1) is 6.19. The maximum absolute atomic E-state index is 10.6. The number of benzene rings is 1. The van der Waals surface area contributed by atoms with E-state index in [-0.39, 0.29) is 18.0 Å². The minimum absolute atomic E-state index is 0. The summed E-state index contributed by atoms with van der Waals surface area (Å²) >= 11 is 0. The Labute approximate surface area is 87.2 Å². The zero-order valence-corrected chi connectivity index (χ0v) is 8.30. The smallest absolute Gasteiger partial charge is 0.335 e. The molecule has 0 aromatic heterocycles. The van der Waals surface area contributed by atoms with E-state index in [9.17, 15) is 4.79 Å². The molecule has 78 valence electrons. The summed E-state index contributed by atoms with van der Waals surface area (Å²) in [6.07, 6.45) is 0. The number of carboxylic acid groups (broad SMARTS) is 1. The molecule has 0 bridgehead atoms. The Morgan fingerprint density at radius 1 is 1.57 bits per heavy atom. The van der Waals surface area contributed by atoms with Gasteiger partial charge in [-0.3, -0.25) is 5.84 Å². The maximum Gasteiger partial charge on any atom is 0.335 e. The molecule has 0 unspecified atom stereocenters. The molecule has 0 heterocycles. The lowest BCUT2D eigenvalue weighted by atomic mass is 10.2. The Balaban J connectivity index is 0.00000169. The van der Waals surface area contributed by atoms with Gasteiger partial charge in [-0.05, 0) is 18.2 Å². The van der Waals surface area contributed by atoms with Crippen LogP contribution in [0.1, 0.15) is 10.4 Å². The summed E-state index contributed by atoms with van der Waals surface area (Å²) in [5.74, 6) is 4.68. The number of halogens is 1. The molecule has 0 amide bonds. The summed E-state index contributed by atoms with van der Waals surface area (Å²) in [4.78, 5) is 10.6. The number of carboxylic acids is 1. The molecule has 5 nitrogen and oxygen atoms in total. The van der Waals surface area contributed by atoms with Gasteiger partial charge in [0.25, 0.3) is 0 Å². The second-order valence-corrected chi connectivity index (χ2v) is 2.36. The number of hydrazine groups is 1. The molecular weight excluding hydrogens is 208 g/mol. The number of ether oxygens (including phenoxy) is 1. The fraction of sp³-hybridized carbons (Fsp3) is 0.125. The number of methoxy groups -OCH3 is 1. The first-order valence-electron chi connectivity index (χ1n) is 3.57. The third-order valence-corrected chi connectivity index (χ3v) is 1.60.